The molecule has 0 unspecified atom stereocenters. The summed E-state index contributed by atoms with van der Waals surface area (Å²) in [5.41, 5.74) is 0. The van der Waals surface area contributed by atoms with E-state index >= 15 is 0 Å². The first kappa shape index (κ1) is 20.8. The standard InChI is InChI=1S/C13H26O2.C5H10S/c1-2-3-4-5-6-7-8-9-10-11-12-13(14)15;6-5-3-1-2-4-5/h2-12H2,1H3,(H,14,15);5-6H,1-4H2. The Labute approximate surface area is 137 Å². The quantitative estimate of drug-likeness (QED) is 0.349. The summed E-state index contributed by atoms with van der Waals surface area (Å²) in [7, 11) is 0. The van der Waals surface area contributed by atoms with E-state index in [2.05, 4.69) is 19.6 Å². The summed E-state index contributed by atoms with van der Waals surface area (Å²) >= 11 is 4.29. The van der Waals surface area contributed by atoms with Crippen molar-refractivity contribution in [3.05, 3.63) is 0 Å². The van der Waals surface area contributed by atoms with Gasteiger partial charge in [-0.3, -0.25) is 4.79 Å². The van der Waals surface area contributed by atoms with Crippen LogP contribution in [0.2, 0.25) is 0 Å². The highest BCUT2D eigenvalue weighted by Crippen LogP contribution is 2.21. The first-order chi connectivity index (χ1) is 10.2. The number of carboxylic acid groups (broad SMARTS) is 1. The molecule has 3 heteroatoms. The molecular weight excluding hydrogens is 280 g/mol. The average molecular weight is 317 g/mol. The van der Waals surface area contributed by atoms with E-state index in [9.17, 15) is 4.79 Å². The van der Waals surface area contributed by atoms with Crippen LogP contribution in [0.4, 0.5) is 0 Å². The van der Waals surface area contributed by atoms with E-state index in [1.807, 2.05) is 0 Å². The van der Waals surface area contributed by atoms with Crippen LogP contribution < -0.4 is 0 Å². The van der Waals surface area contributed by atoms with Gasteiger partial charge in [0.25, 0.3) is 0 Å². The van der Waals surface area contributed by atoms with Gasteiger partial charge in [0.15, 0.2) is 0 Å². The van der Waals surface area contributed by atoms with Crippen molar-refractivity contribution in [2.24, 2.45) is 0 Å². The Balaban J connectivity index is 0.000000547. The summed E-state index contributed by atoms with van der Waals surface area (Å²) in [6.07, 6.45) is 18.4. The molecule has 1 N–H and O–H groups in total. The SMILES string of the molecule is CCCCCCCCCCCCC(=O)O.SC1CCCC1. The molecule has 126 valence electrons. The fraction of sp³-hybridized carbons (Fsp3) is 0.944. The van der Waals surface area contributed by atoms with E-state index in [-0.39, 0.29) is 0 Å². The molecule has 1 aliphatic rings. The second kappa shape index (κ2) is 16.2. The largest absolute Gasteiger partial charge is 0.481 e. The molecule has 1 fully saturated rings. The van der Waals surface area contributed by atoms with Gasteiger partial charge in [0.05, 0.1) is 0 Å². The van der Waals surface area contributed by atoms with Crippen LogP contribution in [-0.2, 0) is 4.79 Å². The van der Waals surface area contributed by atoms with Crippen molar-refractivity contribution in [1.29, 1.82) is 0 Å². The Morgan fingerprint density at radius 2 is 1.33 bits per heavy atom. The van der Waals surface area contributed by atoms with Crippen LogP contribution in [0.1, 0.15) is 103 Å². The lowest BCUT2D eigenvalue weighted by molar-refractivity contribution is -0.137. The van der Waals surface area contributed by atoms with E-state index in [0.29, 0.717) is 6.42 Å². The highest BCUT2D eigenvalue weighted by atomic mass is 32.1. The van der Waals surface area contributed by atoms with Gasteiger partial charge in [0.2, 0.25) is 0 Å². The summed E-state index contributed by atoms with van der Waals surface area (Å²) < 4.78 is 0. The van der Waals surface area contributed by atoms with Gasteiger partial charge in [0, 0.05) is 11.7 Å². The molecule has 2 nitrogen and oxygen atoms in total. The van der Waals surface area contributed by atoms with Gasteiger partial charge in [0.1, 0.15) is 0 Å². The topological polar surface area (TPSA) is 37.3 Å². The second-order valence-corrected chi connectivity index (χ2v) is 6.99. The molecule has 1 saturated carbocycles. The minimum absolute atomic E-state index is 0.344. The van der Waals surface area contributed by atoms with Crippen LogP contribution in [0.5, 0.6) is 0 Å². The molecule has 0 aromatic heterocycles. The van der Waals surface area contributed by atoms with Crippen molar-refractivity contribution in [2.45, 2.75) is 108 Å². The number of hydrogen-bond acceptors (Lipinski definition) is 2. The van der Waals surface area contributed by atoms with Gasteiger partial charge in [-0.15, -0.1) is 0 Å². The first-order valence-electron chi connectivity index (χ1n) is 9.06. The number of thiol groups is 1. The summed E-state index contributed by atoms with van der Waals surface area (Å²) in [6.45, 7) is 2.24. The smallest absolute Gasteiger partial charge is 0.303 e. The number of unbranched alkanes of at least 4 members (excludes halogenated alkanes) is 9. The lowest BCUT2D eigenvalue weighted by atomic mass is 10.1. The molecule has 0 saturated heterocycles. The van der Waals surface area contributed by atoms with Gasteiger partial charge in [-0.05, 0) is 19.3 Å². The molecule has 0 bridgehead atoms. The highest BCUT2D eigenvalue weighted by molar-refractivity contribution is 7.80. The summed E-state index contributed by atoms with van der Waals surface area (Å²) in [5.74, 6) is -0.658. The predicted molar refractivity (Wildman–Crippen MR) is 95.3 cm³/mol. The molecule has 0 amide bonds. The van der Waals surface area contributed by atoms with Crippen molar-refractivity contribution in [1.82, 2.24) is 0 Å². The maximum Gasteiger partial charge on any atom is 0.303 e. The van der Waals surface area contributed by atoms with Crippen LogP contribution in [0.25, 0.3) is 0 Å². The molecule has 1 aliphatic carbocycles. The number of rotatable bonds is 11. The molecule has 0 heterocycles. The van der Waals surface area contributed by atoms with Crippen LogP contribution in [0, 0.1) is 0 Å². The minimum Gasteiger partial charge on any atom is -0.481 e. The van der Waals surface area contributed by atoms with Crippen molar-refractivity contribution < 1.29 is 9.90 Å². The van der Waals surface area contributed by atoms with E-state index in [1.54, 1.807) is 0 Å². The lowest BCUT2D eigenvalue weighted by Gasteiger charge is -2.01. The number of carbonyl (C=O) groups is 1. The number of carboxylic acids is 1. The number of hydrogen-bond donors (Lipinski definition) is 2. The Hall–Kier alpha value is -0.180. The monoisotopic (exact) mass is 316 g/mol. The third-order valence-corrected chi connectivity index (χ3v) is 4.59. The van der Waals surface area contributed by atoms with Crippen LogP contribution in [0.3, 0.4) is 0 Å². The molecule has 1 rings (SSSR count). The summed E-state index contributed by atoms with van der Waals surface area (Å²) in [5, 5.41) is 9.18. The first-order valence-corrected chi connectivity index (χ1v) is 9.58. The molecule has 0 aromatic rings. The number of aliphatic carboxylic acids is 1. The fourth-order valence-corrected chi connectivity index (χ4v) is 3.03. The molecule has 0 aliphatic heterocycles. The van der Waals surface area contributed by atoms with Crippen LogP contribution >= 0.6 is 12.6 Å². The zero-order chi connectivity index (χ0) is 15.8. The maximum atomic E-state index is 10.2. The molecule has 0 radical (unpaired) electrons. The third kappa shape index (κ3) is 17.8. The van der Waals surface area contributed by atoms with E-state index < -0.39 is 5.97 Å². The van der Waals surface area contributed by atoms with Gasteiger partial charge < -0.3 is 5.11 Å². The van der Waals surface area contributed by atoms with Gasteiger partial charge in [-0.1, -0.05) is 77.6 Å². The Morgan fingerprint density at radius 3 is 1.67 bits per heavy atom. The molecule has 21 heavy (non-hydrogen) atoms. The van der Waals surface area contributed by atoms with Crippen molar-refractivity contribution in [3.8, 4) is 0 Å². The third-order valence-electron chi connectivity index (χ3n) is 4.07. The van der Waals surface area contributed by atoms with E-state index in [0.717, 1.165) is 18.1 Å². The Morgan fingerprint density at radius 1 is 0.905 bits per heavy atom. The van der Waals surface area contributed by atoms with Crippen LogP contribution in [0.15, 0.2) is 0 Å². The fourth-order valence-electron chi connectivity index (χ4n) is 2.67. The zero-order valence-electron chi connectivity index (χ0n) is 14.0. The normalized spacial score (nSPS) is 14.8. The van der Waals surface area contributed by atoms with Gasteiger partial charge in [-0.25, -0.2) is 0 Å². The van der Waals surface area contributed by atoms with Gasteiger partial charge in [-0.2, -0.15) is 12.6 Å². The molecule has 0 atom stereocenters. The Kier molecular flexibility index (Phi) is 16.1. The van der Waals surface area contributed by atoms with Gasteiger partial charge >= 0.3 is 5.97 Å². The molecule has 0 aromatic carbocycles. The lowest BCUT2D eigenvalue weighted by Crippen LogP contribution is -1.93. The zero-order valence-corrected chi connectivity index (χ0v) is 14.9. The minimum atomic E-state index is -0.658. The van der Waals surface area contributed by atoms with Crippen molar-refractivity contribution in [2.75, 3.05) is 0 Å². The van der Waals surface area contributed by atoms with Crippen LogP contribution in [-0.4, -0.2) is 16.3 Å². The maximum absolute atomic E-state index is 10.2. The second-order valence-electron chi connectivity index (χ2n) is 6.26. The Bertz CT molecular complexity index is 225. The predicted octanol–water partition coefficient (Wildman–Crippen LogP) is 6.24. The average Bonchev–Trinajstić information content (AvgIpc) is 2.92. The molecule has 0 spiro atoms. The van der Waals surface area contributed by atoms with E-state index in [4.69, 9.17) is 5.11 Å². The van der Waals surface area contributed by atoms with E-state index in [1.165, 1.54) is 77.0 Å². The summed E-state index contributed by atoms with van der Waals surface area (Å²) in [4.78, 5) is 10.2. The van der Waals surface area contributed by atoms with Crippen molar-refractivity contribution >= 4 is 18.6 Å². The van der Waals surface area contributed by atoms with Crippen molar-refractivity contribution in [3.63, 3.8) is 0 Å². The molecular formula is C18H36O2S. The highest BCUT2D eigenvalue weighted by Gasteiger charge is 2.08. The summed E-state index contributed by atoms with van der Waals surface area (Å²) in [6, 6.07) is 0.